The average molecular weight is 342 g/mol. The van der Waals surface area contributed by atoms with Gasteiger partial charge in [-0.25, -0.2) is 9.78 Å². The number of urea groups is 1. The molecule has 1 aliphatic heterocycles. The topological polar surface area (TPSA) is 77.9 Å². The third kappa shape index (κ3) is 4.87. The van der Waals surface area contributed by atoms with Crippen molar-refractivity contribution in [1.82, 2.24) is 20.1 Å². The Labute approximate surface area is 141 Å². The minimum atomic E-state index is -0.188. The summed E-state index contributed by atoms with van der Waals surface area (Å²) in [5.41, 5.74) is 0. The highest BCUT2D eigenvalue weighted by Gasteiger charge is 2.35. The Hall–Kier alpha value is -1.22. The van der Waals surface area contributed by atoms with Crippen LogP contribution in [0.2, 0.25) is 0 Å². The first kappa shape index (κ1) is 18.1. The van der Waals surface area contributed by atoms with Gasteiger partial charge in [0.1, 0.15) is 5.01 Å². The van der Waals surface area contributed by atoms with E-state index >= 15 is 0 Å². The zero-order chi connectivity index (χ0) is 16.8. The van der Waals surface area contributed by atoms with Crippen LogP contribution in [0.3, 0.4) is 0 Å². The van der Waals surface area contributed by atoms with Gasteiger partial charge >= 0.3 is 6.03 Å². The Morgan fingerprint density at radius 1 is 1.61 bits per heavy atom. The highest BCUT2D eigenvalue weighted by molar-refractivity contribution is 7.09. The molecule has 1 aliphatic rings. The summed E-state index contributed by atoms with van der Waals surface area (Å²) in [5, 5.41) is 15.0. The van der Waals surface area contributed by atoms with Gasteiger partial charge in [-0.1, -0.05) is 0 Å². The smallest absolute Gasteiger partial charge is 0.318 e. The number of thiazole rings is 1. The van der Waals surface area contributed by atoms with Crippen molar-refractivity contribution in [2.45, 2.75) is 38.6 Å². The van der Waals surface area contributed by atoms with Crippen molar-refractivity contribution in [3.63, 3.8) is 0 Å². The molecule has 8 heteroatoms. The number of nitrogens with one attached hydrogen (secondary N) is 1. The van der Waals surface area contributed by atoms with Gasteiger partial charge in [0, 0.05) is 44.4 Å². The molecule has 2 N–H and O–H groups in total. The summed E-state index contributed by atoms with van der Waals surface area (Å²) in [5.74, 6) is 0. The van der Waals surface area contributed by atoms with Crippen molar-refractivity contribution in [1.29, 1.82) is 0 Å². The van der Waals surface area contributed by atoms with Crippen LogP contribution in [0.15, 0.2) is 11.6 Å². The second-order valence-electron chi connectivity index (χ2n) is 5.95. The summed E-state index contributed by atoms with van der Waals surface area (Å²) >= 11 is 1.50. The largest absolute Gasteiger partial charge is 0.395 e. The van der Waals surface area contributed by atoms with Crippen molar-refractivity contribution >= 4 is 17.4 Å². The number of nitrogens with zero attached hydrogens (tertiary/aromatic N) is 3. The maximum atomic E-state index is 12.6. The van der Waals surface area contributed by atoms with Gasteiger partial charge in [0.05, 0.1) is 25.3 Å². The molecule has 0 unspecified atom stereocenters. The summed E-state index contributed by atoms with van der Waals surface area (Å²) in [7, 11) is 1.68. The Morgan fingerprint density at radius 3 is 2.96 bits per heavy atom. The molecule has 1 fully saturated rings. The second kappa shape index (κ2) is 8.58. The quantitative estimate of drug-likeness (QED) is 0.765. The highest BCUT2D eigenvalue weighted by atomic mass is 32.1. The normalized spacial score (nSPS) is 21.8. The fraction of sp³-hybridized carbons (Fsp3) is 0.733. The molecular formula is C15H26N4O3S. The summed E-state index contributed by atoms with van der Waals surface area (Å²) in [6.07, 6.45) is 1.70. The molecule has 0 saturated carbocycles. The van der Waals surface area contributed by atoms with Gasteiger partial charge in [0.2, 0.25) is 0 Å². The lowest BCUT2D eigenvalue weighted by Gasteiger charge is -2.25. The van der Waals surface area contributed by atoms with Gasteiger partial charge in [-0.05, 0) is 13.8 Å². The average Bonchev–Trinajstić information content (AvgIpc) is 3.16. The van der Waals surface area contributed by atoms with E-state index < -0.39 is 0 Å². The number of ether oxygens (including phenoxy) is 1. The molecule has 0 aromatic carbocycles. The second-order valence-corrected chi connectivity index (χ2v) is 6.93. The van der Waals surface area contributed by atoms with E-state index in [1.54, 1.807) is 18.2 Å². The lowest BCUT2D eigenvalue weighted by Crippen LogP contribution is -2.50. The molecular weight excluding hydrogens is 316 g/mol. The number of hydrogen-bond donors (Lipinski definition) is 2. The van der Waals surface area contributed by atoms with Crippen molar-refractivity contribution in [3.8, 4) is 0 Å². The molecule has 1 saturated heterocycles. The number of amides is 2. The number of hydrogen-bond acceptors (Lipinski definition) is 6. The van der Waals surface area contributed by atoms with Crippen molar-refractivity contribution < 1.29 is 14.6 Å². The van der Waals surface area contributed by atoms with Gasteiger partial charge in [0.15, 0.2) is 0 Å². The molecule has 1 aromatic heterocycles. The zero-order valence-electron chi connectivity index (χ0n) is 13.9. The van der Waals surface area contributed by atoms with Crippen molar-refractivity contribution in [3.05, 3.63) is 16.6 Å². The van der Waals surface area contributed by atoms with E-state index in [0.29, 0.717) is 12.6 Å². The molecule has 2 atom stereocenters. The third-order valence-electron chi connectivity index (χ3n) is 4.10. The molecule has 23 heavy (non-hydrogen) atoms. The molecule has 0 spiro atoms. The minimum absolute atomic E-state index is 0.0165. The maximum Gasteiger partial charge on any atom is 0.318 e. The van der Waals surface area contributed by atoms with Crippen LogP contribution in [0.1, 0.15) is 18.9 Å². The van der Waals surface area contributed by atoms with E-state index in [4.69, 9.17) is 4.74 Å². The van der Waals surface area contributed by atoms with Crippen LogP contribution in [0.4, 0.5) is 4.79 Å². The fourth-order valence-electron chi connectivity index (χ4n) is 2.72. The first-order chi connectivity index (χ1) is 11.0. The predicted octanol–water partition coefficient (Wildman–Crippen LogP) is 0.755. The number of aliphatic hydroxyl groups is 1. The predicted molar refractivity (Wildman–Crippen MR) is 89.4 cm³/mol. The van der Waals surface area contributed by atoms with E-state index in [1.165, 1.54) is 11.3 Å². The Balaban J connectivity index is 1.96. The van der Waals surface area contributed by atoms with Gasteiger partial charge in [-0.15, -0.1) is 11.3 Å². The molecule has 0 bridgehead atoms. The molecule has 2 rings (SSSR count). The number of rotatable bonds is 7. The number of methoxy groups -OCH3 is 1. The maximum absolute atomic E-state index is 12.6. The summed E-state index contributed by atoms with van der Waals surface area (Å²) < 4.78 is 5.52. The molecule has 2 amide bonds. The summed E-state index contributed by atoms with van der Waals surface area (Å²) in [6.45, 7) is 6.47. The summed E-state index contributed by atoms with van der Waals surface area (Å²) in [4.78, 5) is 20.6. The third-order valence-corrected chi connectivity index (χ3v) is 4.87. The lowest BCUT2D eigenvalue weighted by atomic mass is 10.2. The van der Waals surface area contributed by atoms with E-state index in [-0.39, 0.29) is 31.3 Å². The highest BCUT2D eigenvalue weighted by Crippen LogP contribution is 2.16. The fourth-order valence-corrected chi connectivity index (χ4v) is 3.35. The molecule has 7 nitrogen and oxygen atoms in total. The molecule has 2 heterocycles. The van der Waals surface area contributed by atoms with Crippen molar-refractivity contribution in [2.24, 2.45) is 0 Å². The van der Waals surface area contributed by atoms with E-state index in [0.717, 1.165) is 18.1 Å². The van der Waals surface area contributed by atoms with E-state index in [9.17, 15) is 9.90 Å². The first-order valence-electron chi connectivity index (χ1n) is 7.86. The standard InChI is InChI=1S/C15H26N4O3S/c1-11(2)19-8-12(13(9-19)22-3)17-15(21)18(5-6-20)10-14-16-4-7-23-14/h4,7,11-13,20H,5-6,8-10H2,1-3H3,(H,17,21)/t12-,13-/m0/s1. The van der Waals surface area contributed by atoms with Crippen LogP contribution in [-0.2, 0) is 11.3 Å². The Kier molecular flexibility index (Phi) is 6.76. The molecule has 1 aromatic rings. The van der Waals surface area contributed by atoms with E-state index in [2.05, 4.69) is 29.0 Å². The van der Waals surface area contributed by atoms with Gasteiger partial charge in [0.25, 0.3) is 0 Å². The number of carbonyl (C=O) groups excluding carboxylic acids is 1. The first-order valence-corrected chi connectivity index (χ1v) is 8.74. The summed E-state index contributed by atoms with van der Waals surface area (Å²) in [6, 6.07) is 0.178. The Bertz CT molecular complexity index is 483. The monoisotopic (exact) mass is 342 g/mol. The van der Waals surface area contributed by atoms with Crippen LogP contribution in [0, 0.1) is 0 Å². The SMILES string of the molecule is CO[C@H]1CN(C(C)C)C[C@@H]1NC(=O)N(CCO)Cc1nccs1. The Morgan fingerprint density at radius 2 is 2.39 bits per heavy atom. The minimum Gasteiger partial charge on any atom is -0.395 e. The van der Waals surface area contributed by atoms with Crippen LogP contribution in [-0.4, -0.2) is 77.5 Å². The van der Waals surface area contributed by atoms with Gasteiger partial charge < -0.3 is 20.1 Å². The number of aliphatic hydroxyl groups excluding tert-OH is 1. The van der Waals surface area contributed by atoms with Gasteiger partial charge in [-0.2, -0.15) is 0 Å². The van der Waals surface area contributed by atoms with Crippen LogP contribution < -0.4 is 5.32 Å². The number of aromatic nitrogens is 1. The molecule has 0 radical (unpaired) electrons. The number of carbonyl (C=O) groups is 1. The van der Waals surface area contributed by atoms with Crippen LogP contribution >= 0.6 is 11.3 Å². The van der Waals surface area contributed by atoms with E-state index in [1.807, 2.05) is 5.38 Å². The number of likely N-dealkylation sites (tertiary alicyclic amines) is 1. The van der Waals surface area contributed by atoms with Crippen LogP contribution in [0.25, 0.3) is 0 Å². The zero-order valence-corrected chi connectivity index (χ0v) is 14.8. The van der Waals surface area contributed by atoms with Crippen LogP contribution in [0.5, 0.6) is 0 Å². The van der Waals surface area contributed by atoms with Gasteiger partial charge in [-0.3, -0.25) is 4.90 Å². The molecule has 130 valence electrons. The lowest BCUT2D eigenvalue weighted by molar-refractivity contribution is 0.0862. The van der Waals surface area contributed by atoms with Crippen molar-refractivity contribution in [2.75, 3.05) is 33.4 Å². The molecule has 0 aliphatic carbocycles.